The zero-order chi connectivity index (χ0) is 33.5. The fourth-order valence-corrected chi connectivity index (χ4v) is 6.30. The summed E-state index contributed by atoms with van der Waals surface area (Å²) in [6, 6.07) is 52.4. The van der Waals surface area contributed by atoms with Gasteiger partial charge in [0.2, 0.25) is 0 Å². The molecule has 0 radical (unpaired) electrons. The topological polar surface area (TPSA) is 73.2 Å². The average Bonchev–Trinajstić information content (AvgIpc) is 3.09. The van der Waals surface area contributed by atoms with E-state index >= 15 is 0 Å². The van der Waals surface area contributed by atoms with Crippen LogP contribution in [0.2, 0.25) is 0 Å². The van der Waals surface area contributed by atoms with Gasteiger partial charge in [-0.25, -0.2) is 0 Å². The summed E-state index contributed by atoms with van der Waals surface area (Å²) in [7, 11) is -4.02. The van der Waals surface area contributed by atoms with Crippen molar-refractivity contribution in [3.8, 4) is 16.9 Å². The molecule has 2 N–H and O–H groups in total. The van der Waals surface area contributed by atoms with Crippen molar-refractivity contribution in [3.63, 3.8) is 0 Å². The van der Waals surface area contributed by atoms with E-state index in [0.717, 1.165) is 50.8 Å². The van der Waals surface area contributed by atoms with Crippen LogP contribution >= 0.6 is 7.60 Å². The molecule has 0 atom stereocenters. The first kappa shape index (κ1) is 36.2. The Bertz CT molecular complexity index is 2000. The quantitative estimate of drug-likeness (QED) is 0.0763. The number of ether oxygens (including phenoxy) is 1. The molecule has 0 aliphatic heterocycles. The number of anilines is 6. The SMILES string of the molecule is Cc1cccc(N(c2ccccc2)c2ccc(-c3ccc(N(c4ccc(OCCCP(=O)(O)O)cc4)c4cccc(C)c4)cc3)cc2)c1.[NaH]. The molecule has 0 amide bonds. The van der Waals surface area contributed by atoms with Gasteiger partial charge in [0.25, 0.3) is 0 Å². The summed E-state index contributed by atoms with van der Waals surface area (Å²) in [5.41, 5.74) is 11.0. The minimum atomic E-state index is -4.02. The molecule has 6 aromatic rings. The fourth-order valence-electron chi connectivity index (χ4n) is 5.76. The fraction of sp³-hybridized carbons (Fsp3) is 0.122. The second-order valence-corrected chi connectivity index (χ2v) is 13.6. The first-order chi connectivity index (χ1) is 23.2. The van der Waals surface area contributed by atoms with Crippen molar-refractivity contribution in [1.82, 2.24) is 0 Å². The third kappa shape index (κ3) is 9.52. The first-order valence-electron chi connectivity index (χ1n) is 16.0. The van der Waals surface area contributed by atoms with E-state index in [2.05, 4.69) is 145 Å². The summed E-state index contributed by atoms with van der Waals surface area (Å²) in [6.07, 6.45) is 0.0976. The van der Waals surface area contributed by atoms with E-state index in [9.17, 15) is 4.57 Å². The molecule has 49 heavy (non-hydrogen) atoms. The van der Waals surface area contributed by atoms with Gasteiger partial charge in [-0.2, -0.15) is 0 Å². The number of para-hydroxylation sites is 1. The Morgan fingerprint density at radius 2 is 0.939 bits per heavy atom. The Kier molecular flexibility index (Phi) is 12.2. The molecule has 0 fully saturated rings. The first-order valence-corrected chi connectivity index (χ1v) is 17.8. The van der Waals surface area contributed by atoms with Crippen molar-refractivity contribution in [1.29, 1.82) is 0 Å². The van der Waals surface area contributed by atoms with Crippen molar-refractivity contribution in [2.75, 3.05) is 22.6 Å². The third-order valence-electron chi connectivity index (χ3n) is 8.08. The summed E-state index contributed by atoms with van der Waals surface area (Å²) >= 11 is 0. The summed E-state index contributed by atoms with van der Waals surface area (Å²) in [5, 5.41) is 0. The molecule has 244 valence electrons. The van der Waals surface area contributed by atoms with Crippen molar-refractivity contribution in [3.05, 3.63) is 163 Å². The molecule has 6 rings (SSSR count). The predicted molar refractivity (Wildman–Crippen MR) is 205 cm³/mol. The molecule has 0 bridgehead atoms. The molecule has 6 nitrogen and oxygen atoms in total. The van der Waals surface area contributed by atoms with Gasteiger partial charge in [0, 0.05) is 34.1 Å². The third-order valence-corrected chi connectivity index (χ3v) is 8.97. The molecule has 0 aromatic heterocycles. The van der Waals surface area contributed by atoms with Crippen molar-refractivity contribution in [2.45, 2.75) is 20.3 Å². The summed E-state index contributed by atoms with van der Waals surface area (Å²) in [5.74, 6) is 0.653. The van der Waals surface area contributed by atoms with Gasteiger partial charge < -0.3 is 24.3 Å². The van der Waals surface area contributed by atoms with E-state index in [1.807, 2.05) is 30.3 Å². The van der Waals surface area contributed by atoms with E-state index in [1.54, 1.807) is 0 Å². The van der Waals surface area contributed by atoms with Gasteiger partial charge >= 0.3 is 37.2 Å². The van der Waals surface area contributed by atoms with Crippen molar-refractivity contribution < 1.29 is 19.1 Å². The molecule has 8 heteroatoms. The number of rotatable bonds is 12. The van der Waals surface area contributed by atoms with Gasteiger partial charge in [-0.1, -0.05) is 66.7 Å². The van der Waals surface area contributed by atoms with Gasteiger partial charge in [0.15, 0.2) is 0 Å². The van der Waals surface area contributed by atoms with Crippen LogP contribution in [0.4, 0.5) is 34.1 Å². The van der Waals surface area contributed by atoms with E-state index in [0.29, 0.717) is 5.75 Å². The zero-order valence-corrected chi connectivity index (χ0v) is 28.0. The van der Waals surface area contributed by atoms with Gasteiger partial charge in [0.1, 0.15) is 5.75 Å². The Balaban J connectivity index is 0.00000468. The van der Waals surface area contributed by atoms with Crippen LogP contribution in [-0.4, -0.2) is 52.1 Å². The summed E-state index contributed by atoms with van der Waals surface area (Å²) in [6.45, 7) is 4.44. The van der Waals surface area contributed by atoms with Crippen LogP contribution < -0.4 is 14.5 Å². The monoisotopic (exact) mass is 678 g/mol. The zero-order valence-electron chi connectivity index (χ0n) is 27.1. The number of aryl methyl sites for hydroxylation is 2. The van der Waals surface area contributed by atoms with Gasteiger partial charge in [0.05, 0.1) is 12.8 Å². The van der Waals surface area contributed by atoms with E-state index in [-0.39, 0.29) is 48.7 Å². The van der Waals surface area contributed by atoms with Crippen LogP contribution in [0.15, 0.2) is 152 Å². The summed E-state index contributed by atoms with van der Waals surface area (Å²) in [4.78, 5) is 22.7. The molecular weight excluding hydrogens is 638 g/mol. The number of benzene rings is 6. The van der Waals surface area contributed by atoms with Crippen molar-refractivity contribution in [2.24, 2.45) is 0 Å². The molecule has 0 spiro atoms. The Hall–Kier alpha value is -4.13. The maximum absolute atomic E-state index is 11.1. The minimum absolute atomic E-state index is 0. The standard InChI is InChI=1S/C41H39N2O4P.Na.H/c1-31-9-6-13-39(29-31)42(35-11-4-3-5-12-35)36-19-15-33(16-20-36)34-17-21-37(22-18-34)43(40-14-7-10-32(2)30-40)38-23-25-41(26-24-38)47-27-8-28-48(44,45)46;;/h3-7,9-26,29-30H,8,27-28H2,1-2H3,(H2,44,45,46);;. The summed E-state index contributed by atoms with van der Waals surface area (Å²) < 4.78 is 16.9. The molecule has 0 unspecified atom stereocenters. The van der Waals surface area contributed by atoms with Crippen LogP contribution in [0.5, 0.6) is 5.75 Å². The number of hydrogen-bond acceptors (Lipinski definition) is 4. The molecule has 0 aliphatic rings. The number of hydrogen-bond donors (Lipinski definition) is 2. The van der Waals surface area contributed by atoms with Crippen LogP contribution in [-0.2, 0) is 4.57 Å². The Labute approximate surface area is 311 Å². The number of nitrogens with zero attached hydrogens (tertiary/aromatic N) is 2. The average molecular weight is 679 g/mol. The Morgan fingerprint density at radius 1 is 0.531 bits per heavy atom. The molecule has 0 heterocycles. The van der Waals surface area contributed by atoms with Gasteiger partial charge in [-0.05, 0) is 127 Å². The molecular formula is C41H40N2NaO4P. The van der Waals surface area contributed by atoms with Crippen LogP contribution in [0.25, 0.3) is 11.1 Å². The van der Waals surface area contributed by atoms with Crippen LogP contribution in [0.3, 0.4) is 0 Å². The molecule has 0 aliphatic carbocycles. The molecule has 0 saturated carbocycles. The normalized spacial score (nSPS) is 11.0. The predicted octanol–water partition coefficient (Wildman–Crippen LogP) is 10.2. The molecule has 0 saturated heterocycles. The second kappa shape index (κ2) is 16.5. The molecule has 6 aromatic carbocycles. The second-order valence-electron chi connectivity index (χ2n) is 11.9. The maximum atomic E-state index is 11.1. The van der Waals surface area contributed by atoms with Crippen molar-refractivity contribution >= 4 is 71.3 Å². The Morgan fingerprint density at radius 3 is 1.37 bits per heavy atom. The van der Waals surface area contributed by atoms with Crippen LogP contribution in [0.1, 0.15) is 17.5 Å². The van der Waals surface area contributed by atoms with Crippen LogP contribution in [0, 0.1) is 13.8 Å². The van der Waals surface area contributed by atoms with E-state index < -0.39 is 7.60 Å². The van der Waals surface area contributed by atoms with Gasteiger partial charge in [-0.3, -0.25) is 4.57 Å². The van der Waals surface area contributed by atoms with E-state index in [4.69, 9.17) is 14.5 Å². The van der Waals surface area contributed by atoms with E-state index in [1.165, 1.54) is 5.56 Å². The van der Waals surface area contributed by atoms with Gasteiger partial charge in [-0.15, -0.1) is 0 Å².